The van der Waals surface area contributed by atoms with Crippen molar-refractivity contribution in [3.05, 3.63) is 34.9 Å². The minimum Gasteiger partial charge on any atom is -0.393 e. The van der Waals surface area contributed by atoms with E-state index in [1.54, 1.807) is 11.1 Å². The van der Waals surface area contributed by atoms with E-state index in [9.17, 15) is 5.11 Å². The van der Waals surface area contributed by atoms with Crippen molar-refractivity contribution in [2.45, 2.75) is 105 Å². The summed E-state index contributed by atoms with van der Waals surface area (Å²) in [4.78, 5) is 0. The number of rotatable bonds is 5. The van der Waals surface area contributed by atoms with Crippen molar-refractivity contribution in [1.29, 1.82) is 0 Å². The predicted octanol–water partition coefficient (Wildman–Crippen LogP) is 7.87. The minimum atomic E-state index is -0.110. The van der Waals surface area contributed by atoms with Crippen LogP contribution in [0.4, 0.5) is 0 Å². The van der Waals surface area contributed by atoms with Gasteiger partial charge in [0.05, 0.1) is 6.10 Å². The van der Waals surface area contributed by atoms with Crippen molar-refractivity contribution in [2.75, 3.05) is 0 Å². The Morgan fingerprint density at radius 1 is 1.10 bits per heavy atom. The van der Waals surface area contributed by atoms with Crippen LogP contribution in [0.15, 0.2) is 34.9 Å². The number of allylic oxidation sites excluding steroid dienone is 5. The Kier molecular flexibility index (Phi) is 6.17. The highest BCUT2D eigenvalue weighted by molar-refractivity contribution is 5.43. The zero-order valence-electron chi connectivity index (χ0n) is 20.5. The third-order valence-corrected chi connectivity index (χ3v) is 10.3. The molecule has 1 nitrogen and oxygen atoms in total. The Morgan fingerprint density at radius 2 is 1.87 bits per heavy atom. The standard InChI is InChI=1S/C29H46O/c1-7-29-17-15-26-24(11-10-22-18-23(30)14-16-28(22,26)6)27(29)13-12-25(29)21(5)9-8-20(4)19(2)3/h8-10,19-21,23,25,27,30H,7,11-18H2,1-6H3/b9-8+. The first-order chi connectivity index (χ1) is 14.2. The van der Waals surface area contributed by atoms with Crippen LogP contribution in [0.2, 0.25) is 0 Å². The van der Waals surface area contributed by atoms with E-state index in [0.29, 0.717) is 17.3 Å². The van der Waals surface area contributed by atoms with Crippen molar-refractivity contribution < 1.29 is 5.11 Å². The molecule has 0 aliphatic heterocycles. The number of aliphatic hydroxyl groups excluding tert-OH is 1. The molecule has 2 saturated carbocycles. The number of fused-ring (bicyclic) bond motifs is 4. The second kappa shape index (κ2) is 8.27. The second-order valence-electron chi connectivity index (χ2n) is 11.8. The quantitative estimate of drug-likeness (QED) is 0.457. The Labute approximate surface area is 186 Å². The van der Waals surface area contributed by atoms with E-state index in [4.69, 9.17) is 0 Å². The first-order valence-electron chi connectivity index (χ1n) is 13.0. The average Bonchev–Trinajstić information content (AvgIpc) is 3.12. The van der Waals surface area contributed by atoms with Crippen LogP contribution in [0, 0.1) is 40.4 Å². The first-order valence-corrected chi connectivity index (χ1v) is 13.0. The van der Waals surface area contributed by atoms with Crippen LogP contribution in [0.25, 0.3) is 0 Å². The fourth-order valence-corrected chi connectivity index (χ4v) is 7.95. The summed E-state index contributed by atoms with van der Waals surface area (Å²) in [6, 6.07) is 0. The van der Waals surface area contributed by atoms with Gasteiger partial charge >= 0.3 is 0 Å². The van der Waals surface area contributed by atoms with Gasteiger partial charge in [-0.1, -0.05) is 76.5 Å². The van der Waals surface area contributed by atoms with Gasteiger partial charge in [-0.15, -0.1) is 0 Å². The normalized spacial score (nSPS) is 40.8. The Balaban J connectivity index is 1.61. The van der Waals surface area contributed by atoms with E-state index in [1.165, 1.54) is 38.5 Å². The lowest BCUT2D eigenvalue weighted by atomic mass is 9.52. The van der Waals surface area contributed by atoms with E-state index < -0.39 is 0 Å². The van der Waals surface area contributed by atoms with Gasteiger partial charge in [-0.2, -0.15) is 0 Å². The monoisotopic (exact) mass is 410 g/mol. The van der Waals surface area contributed by atoms with Gasteiger partial charge in [0.2, 0.25) is 0 Å². The molecule has 168 valence electrons. The highest BCUT2D eigenvalue weighted by atomic mass is 16.3. The fraction of sp³-hybridized carbons (Fsp3) is 0.793. The van der Waals surface area contributed by atoms with Crippen molar-refractivity contribution in [3.8, 4) is 0 Å². The molecule has 0 spiro atoms. The lowest BCUT2D eigenvalue weighted by Crippen LogP contribution is -2.43. The van der Waals surface area contributed by atoms with Crippen LogP contribution >= 0.6 is 0 Å². The highest BCUT2D eigenvalue weighted by Gasteiger charge is 2.55. The molecular weight excluding hydrogens is 364 g/mol. The summed E-state index contributed by atoms with van der Waals surface area (Å²) in [6.07, 6.45) is 18.5. The van der Waals surface area contributed by atoms with Crippen molar-refractivity contribution in [3.63, 3.8) is 0 Å². The van der Waals surface area contributed by atoms with Gasteiger partial charge in [0.25, 0.3) is 0 Å². The molecule has 4 aliphatic rings. The van der Waals surface area contributed by atoms with Crippen LogP contribution in [0.5, 0.6) is 0 Å². The summed E-state index contributed by atoms with van der Waals surface area (Å²) in [5, 5.41) is 10.2. The molecule has 1 N–H and O–H groups in total. The summed E-state index contributed by atoms with van der Waals surface area (Å²) in [6.45, 7) is 14.5. The zero-order valence-corrected chi connectivity index (χ0v) is 20.5. The van der Waals surface area contributed by atoms with Crippen molar-refractivity contribution in [1.82, 2.24) is 0 Å². The molecule has 0 amide bonds. The van der Waals surface area contributed by atoms with Crippen LogP contribution in [-0.4, -0.2) is 11.2 Å². The Bertz CT molecular complexity index is 739. The van der Waals surface area contributed by atoms with E-state index in [2.05, 4.69) is 59.8 Å². The van der Waals surface area contributed by atoms with Gasteiger partial charge in [-0.25, -0.2) is 0 Å². The second-order valence-corrected chi connectivity index (χ2v) is 11.8. The van der Waals surface area contributed by atoms with Gasteiger partial charge in [-0.3, -0.25) is 0 Å². The molecule has 0 aromatic carbocycles. The summed E-state index contributed by atoms with van der Waals surface area (Å²) < 4.78 is 0. The maximum atomic E-state index is 10.2. The topological polar surface area (TPSA) is 20.2 Å². The molecule has 1 heteroatoms. The largest absolute Gasteiger partial charge is 0.393 e. The number of hydrogen-bond donors (Lipinski definition) is 1. The predicted molar refractivity (Wildman–Crippen MR) is 128 cm³/mol. The number of aliphatic hydroxyl groups is 1. The molecule has 4 aliphatic carbocycles. The molecule has 7 atom stereocenters. The molecule has 0 saturated heterocycles. The molecule has 0 bridgehead atoms. The van der Waals surface area contributed by atoms with Crippen LogP contribution in [0.1, 0.15) is 99.3 Å². The zero-order chi connectivity index (χ0) is 21.7. The molecule has 7 unspecified atom stereocenters. The molecule has 30 heavy (non-hydrogen) atoms. The maximum absolute atomic E-state index is 10.2. The average molecular weight is 411 g/mol. The molecule has 0 radical (unpaired) electrons. The Hall–Kier alpha value is -0.820. The molecular formula is C29H46O. The van der Waals surface area contributed by atoms with Gasteiger partial charge < -0.3 is 5.11 Å². The first kappa shape index (κ1) is 22.4. The third-order valence-electron chi connectivity index (χ3n) is 10.3. The highest BCUT2D eigenvalue weighted by Crippen LogP contribution is 2.66. The van der Waals surface area contributed by atoms with E-state index in [0.717, 1.165) is 37.0 Å². The van der Waals surface area contributed by atoms with E-state index in [1.807, 2.05) is 5.57 Å². The van der Waals surface area contributed by atoms with Gasteiger partial charge in [0.1, 0.15) is 0 Å². The number of hydrogen-bond acceptors (Lipinski definition) is 1. The third kappa shape index (κ3) is 3.48. The SMILES string of the molecule is CCC12CCC3=C(CC=C4CC(O)CCC43C)C1CCC2C(C)/C=C/C(C)C(C)C. The lowest BCUT2D eigenvalue weighted by Gasteiger charge is -2.53. The van der Waals surface area contributed by atoms with Gasteiger partial charge in [-0.05, 0) is 92.8 Å². The molecule has 4 rings (SSSR count). The molecule has 0 heterocycles. The van der Waals surface area contributed by atoms with Gasteiger partial charge in [0.15, 0.2) is 0 Å². The van der Waals surface area contributed by atoms with Crippen molar-refractivity contribution >= 4 is 0 Å². The van der Waals surface area contributed by atoms with E-state index >= 15 is 0 Å². The van der Waals surface area contributed by atoms with Crippen LogP contribution in [0.3, 0.4) is 0 Å². The smallest absolute Gasteiger partial charge is 0.0578 e. The summed E-state index contributed by atoms with van der Waals surface area (Å²) in [5.74, 6) is 3.73. The fourth-order valence-electron chi connectivity index (χ4n) is 7.95. The van der Waals surface area contributed by atoms with Crippen LogP contribution in [-0.2, 0) is 0 Å². The molecule has 0 aromatic heterocycles. The maximum Gasteiger partial charge on any atom is 0.0578 e. The lowest BCUT2D eigenvalue weighted by molar-refractivity contribution is 0.0786. The molecule has 0 aromatic rings. The molecule has 2 fully saturated rings. The summed E-state index contributed by atoms with van der Waals surface area (Å²) in [5.41, 5.74) is 5.96. The van der Waals surface area contributed by atoms with Crippen molar-refractivity contribution in [2.24, 2.45) is 40.4 Å². The summed E-state index contributed by atoms with van der Waals surface area (Å²) >= 11 is 0. The van der Waals surface area contributed by atoms with Crippen LogP contribution < -0.4 is 0 Å². The Morgan fingerprint density at radius 3 is 2.57 bits per heavy atom. The summed E-state index contributed by atoms with van der Waals surface area (Å²) in [7, 11) is 0. The van der Waals surface area contributed by atoms with E-state index in [-0.39, 0.29) is 11.5 Å². The minimum absolute atomic E-state index is 0.110. The van der Waals surface area contributed by atoms with Gasteiger partial charge in [0, 0.05) is 5.41 Å².